The lowest BCUT2D eigenvalue weighted by atomic mass is 9.90. The lowest BCUT2D eigenvalue weighted by Crippen LogP contribution is -2.52. The molecular weight excluding hydrogens is 310 g/mol. The van der Waals surface area contributed by atoms with Crippen molar-refractivity contribution in [3.63, 3.8) is 0 Å². The van der Waals surface area contributed by atoms with Crippen LogP contribution in [0.2, 0.25) is 0 Å². The second-order valence-corrected chi connectivity index (χ2v) is 7.28. The van der Waals surface area contributed by atoms with Crippen molar-refractivity contribution in [2.45, 2.75) is 58.8 Å². The summed E-state index contributed by atoms with van der Waals surface area (Å²) >= 11 is 0. The van der Waals surface area contributed by atoms with E-state index in [1.165, 1.54) is 6.08 Å². The first-order chi connectivity index (χ1) is 11.1. The highest BCUT2D eigenvalue weighted by molar-refractivity contribution is 6.04. The average Bonchev–Trinajstić information content (AvgIpc) is 2.53. The second-order valence-electron chi connectivity index (χ2n) is 7.28. The van der Waals surface area contributed by atoms with Gasteiger partial charge in [0, 0.05) is 23.8 Å². The van der Waals surface area contributed by atoms with Crippen LogP contribution < -0.4 is 16.4 Å². The summed E-state index contributed by atoms with van der Waals surface area (Å²) in [7, 11) is 1.65. The first kappa shape index (κ1) is 20.6. The van der Waals surface area contributed by atoms with Crippen LogP contribution in [0.3, 0.4) is 0 Å². The van der Waals surface area contributed by atoms with Crippen molar-refractivity contribution in [3.8, 4) is 0 Å². The van der Waals surface area contributed by atoms with Crippen molar-refractivity contribution in [2.24, 2.45) is 11.1 Å². The van der Waals surface area contributed by atoms with Gasteiger partial charge in [-0.2, -0.15) is 0 Å². The quantitative estimate of drug-likeness (QED) is 0.598. The van der Waals surface area contributed by atoms with Crippen LogP contribution in [0.4, 0.5) is 0 Å². The van der Waals surface area contributed by atoms with Crippen molar-refractivity contribution < 1.29 is 19.1 Å². The number of hydrogen-bond donors (Lipinski definition) is 3. The molecule has 0 bridgehead atoms. The zero-order valence-corrected chi connectivity index (χ0v) is 15.4. The molecule has 2 amide bonds. The monoisotopic (exact) mass is 341 g/mol. The second kappa shape index (κ2) is 8.60. The molecule has 7 nitrogen and oxygen atoms in total. The number of likely N-dealkylation sites (N-methyl/N-ethyl adjacent to an activating group) is 1. The lowest BCUT2D eigenvalue weighted by molar-refractivity contribution is -0.173. The number of carbonyl (C=O) groups is 2. The minimum Gasteiger partial charge on any atom is -0.401 e. The Morgan fingerprint density at radius 2 is 1.96 bits per heavy atom. The van der Waals surface area contributed by atoms with Crippen LogP contribution in [-0.2, 0) is 19.1 Å². The summed E-state index contributed by atoms with van der Waals surface area (Å²) in [4.78, 5) is 24.0. The van der Waals surface area contributed by atoms with Crippen LogP contribution >= 0.6 is 0 Å². The number of hydrogen-bond acceptors (Lipinski definition) is 6. The van der Waals surface area contributed by atoms with E-state index in [1.54, 1.807) is 20.9 Å². The standard InChI is InChI=1S/C17H31N3O4/c1-16(2,11-24-14-8-6-7-9-23-14)12(18)10-13(21)20-15(22)17(3,4)19-5/h10,14,19H,6-9,11,18H2,1-5H3,(H,20,21,22). The van der Waals surface area contributed by atoms with Gasteiger partial charge in [-0.05, 0) is 40.2 Å². The number of rotatable bonds is 7. The number of amides is 2. The molecule has 1 saturated heterocycles. The Bertz CT molecular complexity index is 480. The summed E-state index contributed by atoms with van der Waals surface area (Å²) in [5, 5.41) is 5.15. The summed E-state index contributed by atoms with van der Waals surface area (Å²) in [5.41, 5.74) is 5.01. The Kier molecular flexibility index (Phi) is 7.38. The van der Waals surface area contributed by atoms with Gasteiger partial charge in [-0.1, -0.05) is 13.8 Å². The van der Waals surface area contributed by atoms with Gasteiger partial charge in [-0.15, -0.1) is 0 Å². The van der Waals surface area contributed by atoms with E-state index in [4.69, 9.17) is 15.2 Å². The fourth-order valence-corrected chi connectivity index (χ4v) is 1.98. The van der Waals surface area contributed by atoms with Gasteiger partial charge in [0.15, 0.2) is 6.29 Å². The molecule has 138 valence electrons. The summed E-state index contributed by atoms with van der Waals surface area (Å²) in [6.07, 6.45) is 4.05. The topological polar surface area (TPSA) is 103 Å². The molecule has 0 aromatic carbocycles. The molecule has 0 spiro atoms. The maximum atomic E-state index is 12.0. The fraction of sp³-hybridized carbons (Fsp3) is 0.765. The van der Waals surface area contributed by atoms with Gasteiger partial charge < -0.3 is 20.5 Å². The van der Waals surface area contributed by atoms with Crippen LogP contribution in [0.15, 0.2) is 11.8 Å². The van der Waals surface area contributed by atoms with Crippen molar-refractivity contribution in [1.29, 1.82) is 0 Å². The van der Waals surface area contributed by atoms with Crippen molar-refractivity contribution >= 4 is 11.8 Å². The lowest BCUT2D eigenvalue weighted by Gasteiger charge is -2.29. The highest BCUT2D eigenvalue weighted by atomic mass is 16.7. The van der Waals surface area contributed by atoms with Crippen LogP contribution in [0.25, 0.3) is 0 Å². The number of nitrogens with two attached hydrogens (primary N) is 1. The minimum absolute atomic E-state index is 0.211. The minimum atomic E-state index is -0.838. The van der Waals surface area contributed by atoms with E-state index in [-0.39, 0.29) is 6.29 Å². The third-order valence-corrected chi connectivity index (χ3v) is 4.27. The van der Waals surface area contributed by atoms with Gasteiger partial charge in [0.05, 0.1) is 12.1 Å². The van der Waals surface area contributed by atoms with Crippen LogP contribution in [-0.4, -0.2) is 43.9 Å². The van der Waals surface area contributed by atoms with E-state index >= 15 is 0 Å². The molecule has 0 radical (unpaired) electrons. The van der Waals surface area contributed by atoms with E-state index in [9.17, 15) is 9.59 Å². The predicted molar refractivity (Wildman–Crippen MR) is 91.9 cm³/mol. The Morgan fingerprint density at radius 3 is 2.50 bits per heavy atom. The van der Waals surface area contributed by atoms with Gasteiger partial charge in [-0.25, -0.2) is 0 Å². The molecule has 1 unspecified atom stereocenters. The zero-order chi connectivity index (χ0) is 18.4. The van der Waals surface area contributed by atoms with E-state index in [2.05, 4.69) is 10.6 Å². The van der Waals surface area contributed by atoms with Gasteiger partial charge >= 0.3 is 0 Å². The largest absolute Gasteiger partial charge is 0.401 e. The molecule has 7 heteroatoms. The first-order valence-electron chi connectivity index (χ1n) is 8.33. The van der Waals surface area contributed by atoms with Gasteiger partial charge in [0.2, 0.25) is 5.91 Å². The molecular formula is C17H31N3O4. The third kappa shape index (κ3) is 6.22. The Balaban J connectivity index is 2.57. The van der Waals surface area contributed by atoms with Crippen LogP contribution in [0, 0.1) is 5.41 Å². The zero-order valence-electron chi connectivity index (χ0n) is 15.4. The van der Waals surface area contributed by atoms with E-state index in [1.807, 2.05) is 13.8 Å². The molecule has 24 heavy (non-hydrogen) atoms. The van der Waals surface area contributed by atoms with Gasteiger partial charge in [-0.3, -0.25) is 14.9 Å². The SMILES string of the molecule is CNC(C)(C)C(=O)NC(=O)C=C(N)C(C)(C)COC1CCCCO1. The number of nitrogens with one attached hydrogen (secondary N) is 2. The summed E-state index contributed by atoms with van der Waals surface area (Å²) in [5.74, 6) is -0.952. The Hall–Kier alpha value is -1.44. The third-order valence-electron chi connectivity index (χ3n) is 4.27. The molecule has 1 aliphatic rings. The molecule has 1 aliphatic heterocycles. The van der Waals surface area contributed by atoms with Crippen molar-refractivity contribution in [3.05, 3.63) is 11.8 Å². The van der Waals surface area contributed by atoms with E-state index < -0.39 is 22.8 Å². The molecule has 0 aromatic rings. The van der Waals surface area contributed by atoms with Crippen molar-refractivity contribution in [1.82, 2.24) is 10.6 Å². The molecule has 1 fully saturated rings. The highest BCUT2D eigenvalue weighted by Gasteiger charge is 2.28. The van der Waals surface area contributed by atoms with Crippen LogP contribution in [0.5, 0.6) is 0 Å². The fourth-order valence-electron chi connectivity index (χ4n) is 1.98. The first-order valence-corrected chi connectivity index (χ1v) is 8.33. The number of imide groups is 1. The van der Waals surface area contributed by atoms with Crippen LogP contribution in [0.1, 0.15) is 47.0 Å². The van der Waals surface area contributed by atoms with E-state index in [0.717, 1.165) is 19.3 Å². The normalized spacial score (nSPS) is 19.9. The summed E-state index contributed by atoms with van der Waals surface area (Å²) in [6.45, 7) is 8.18. The molecule has 0 saturated carbocycles. The molecule has 1 atom stereocenters. The molecule has 1 rings (SSSR count). The Labute approximate surface area is 144 Å². The van der Waals surface area contributed by atoms with Gasteiger partial charge in [0.1, 0.15) is 0 Å². The molecule has 4 N–H and O–H groups in total. The number of carbonyl (C=O) groups excluding carboxylic acids is 2. The number of ether oxygens (including phenoxy) is 2. The average molecular weight is 341 g/mol. The maximum Gasteiger partial charge on any atom is 0.252 e. The summed E-state index contributed by atoms with van der Waals surface area (Å²) < 4.78 is 11.3. The van der Waals surface area contributed by atoms with Gasteiger partial charge in [0.25, 0.3) is 5.91 Å². The smallest absolute Gasteiger partial charge is 0.252 e. The predicted octanol–water partition coefficient (Wildman–Crippen LogP) is 1.04. The van der Waals surface area contributed by atoms with Crippen molar-refractivity contribution in [2.75, 3.05) is 20.3 Å². The highest BCUT2D eigenvalue weighted by Crippen LogP contribution is 2.25. The maximum absolute atomic E-state index is 12.0. The summed E-state index contributed by atoms with van der Waals surface area (Å²) in [6, 6.07) is 0. The molecule has 0 aromatic heterocycles. The molecule has 1 heterocycles. The Morgan fingerprint density at radius 1 is 1.29 bits per heavy atom. The van der Waals surface area contributed by atoms with E-state index in [0.29, 0.717) is 18.9 Å². The molecule has 0 aliphatic carbocycles.